The maximum absolute atomic E-state index is 13.5. The number of benzene rings is 2. The van der Waals surface area contributed by atoms with E-state index in [4.69, 9.17) is 14.5 Å². The second-order valence-corrected chi connectivity index (χ2v) is 7.93. The van der Waals surface area contributed by atoms with Gasteiger partial charge in [0.05, 0.1) is 26.0 Å². The average Bonchev–Trinajstić information content (AvgIpc) is 3.25. The molecule has 0 saturated carbocycles. The number of H-pyrrole nitrogens is 1. The van der Waals surface area contributed by atoms with E-state index in [0.717, 1.165) is 16.7 Å². The van der Waals surface area contributed by atoms with E-state index in [2.05, 4.69) is 4.98 Å². The average molecular weight is 450 g/mol. The van der Waals surface area contributed by atoms with Crippen LogP contribution in [0, 0.1) is 0 Å². The van der Waals surface area contributed by atoms with E-state index in [-0.39, 0.29) is 23.8 Å². The highest BCUT2D eigenvalue weighted by atomic mass is 32.2. The van der Waals surface area contributed by atoms with Crippen molar-refractivity contribution < 1.29 is 14.3 Å². The Bertz CT molecular complexity index is 1300. The predicted octanol–water partition coefficient (Wildman–Crippen LogP) is 4.10. The quantitative estimate of drug-likeness (QED) is 0.248. The van der Waals surface area contributed by atoms with Gasteiger partial charge in [-0.25, -0.2) is 4.98 Å². The van der Waals surface area contributed by atoms with Crippen molar-refractivity contribution >= 4 is 28.8 Å². The van der Waals surface area contributed by atoms with Crippen molar-refractivity contribution in [3.8, 4) is 16.9 Å². The second kappa shape index (κ2) is 9.74. The molecule has 0 atom stereocenters. The van der Waals surface area contributed by atoms with Crippen LogP contribution >= 0.6 is 11.8 Å². The summed E-state index contributed by atoms with van der Waals surface area (Å²) in [5.74, 6) is 0.383. The lowest BCUT2D eigenvalue weighted by molar-refractivity contribution is -0.139. The topological polar surface area (TPSA) is 86.2 Å². The van der Waals surface area contributed by atoms with Gasteiger partial charge in [0.1, 0.15) is 16.8 Å². The molecule has 0 radical (unpaired) electrons. The zero-order chi connectivity index (χ0) is 22.5. The first-order valence-corrected chi connectivity index (χ1v) is 11.2. The number of hydrogen-bond acceptors (Lipinski definition) is 6. The number of aromatic nitrogens is 3. The molecule has 164 valence electrons. The van der Waals surface area contributed by atoms with Crippen LogP contribution in [0.25, 0.3) is 22.2 Å². The van der Waals surface area contributed by atoms with Gasteiger partial charge in [-0.15, -0.1) is 0 Å². The molecule has 8 heteroatoms. The summed E-state index contributed by atoms with van der Waals surface area (Å²) in [6, 6.07) is 17.3. The summed E-state index contributed by atoms with van der Waals surface area (Å²) in [6.07, 6.45) is 1.79. The number of nitrogens with one attached hydrogen (secondary N) is 1. The largest absolute Gasteiger partial charge is 0.496 e. The highest BCUT2D eigenvalue weighted by Crippen LogP contribution is 2.28. The maximum Gasteiger partial charge on any atom is 0.316 e. The van der Waals surface area contributed by atoms with Crippen LogP contribution < -0.4 is 10.3 Å². The minimum atomic E-state index is -0.354. The van der Waals surface area contributed by atoms with Gasteiger partial charge in [-0.05, 0) is 18.6 Å². The smallest absolute Gasteiger partial charge is 0.316 e. The van der Waals surface area contributed by atoms with E-state index in [1.807, 2.05) is 54.6 Å². The number of thioether (sulfide) groups is 1. The zero-order valence-electron chi connectivity index (χ0n) is 17.8. The van der Waals surface area contributed by atoms with Gasteiger partial charge in [0, 0.05) is 17.3 Å². The summed E-state index contributed by atoms with van der Waals surface area (Å²) < 4.78 is 12.1. The fourth-order valence-corrected chi connectivity index (χ4v) is 4.28. The summed E-state index contributed by atoms with van der Waals surface area (Å²) in [6.45, 7) is 2.32. The highest BCUT2D eigenvalue weighted by molar-refractivity contribution is 7.99. The third kappa shape index (κ3) is 4.40. The number of carbonyl (C=O) groups is 1. The van der Waals surface area contributed by atoms with Crippen molar-refractivity contribution in [1.29, 1.82) is 0 Å². The number of hydrogen-bond donors (Lipinski definition) is 1. The molecular formula is C24H23N3O4S. The summed E-state index contributed by atoms with van der Waals surface area (Å²) in [7, 11) is 1.59. The van der Waals surface area contributed by atoms with E-state index < -0.39 is 0 Å². The van der Waals surface area contributed by atoms with Gasteiger partial charge < -0.3 is 14.5 Å². The summed E-state index contributed by atoms with van der Waals surface area (Å²) in [5.41, 5.74) is 3.40. The number of para-hydroxylation sites is 1. The van der Waals surface area contributed by atoms with Crippen molar-refractivity contribution in [1.82, 2.24) is 14.5 Å². The molecule has 2 heterocycles. The fourth-order valence-electron chi connectivity index (χ4n) is 3.49. The van der Waals surface area contributed by atoms with Gasteiger partial charge in [0.2, 0.25) is 0 Å². The van der Waals surface area contributed by atoms with Crippen molar-refractivity contribution in [2.45, 2.75) is 18.6 Å². The van der Waals surface area contributed by atoms with E-state index in [1.54, 1.807) is 24.8 Å². The lowest BCUT2D eigenvalue weighted by Gasteiger charge is -2.14. The Hall–Kier alpha value is -3.52. The summed E-state index contributed by atoms with van der Waals surface area (Å²) in [4.78, 5) is 33.4. The Morgan fingerprint density at radius 3 is 2.62 bits per heavy atom. The maximum atomic E-state index is 13.5. The van der Waals surface area contributed by atoms with Crippen LogP contribution in [0.15, 0.2) is 70.7 Å². The Morgan fingerprint density at radius 2 is 1.88 bits per heavy atom. The monoisotopic (exact) mass is 449 g/mol. The Morgan fingerprint density at radius 1 is 1.12 bits per heavy atom. The molecule has 0 fully saturated rings. The first-order chi connectivity index (χ1) is 15.6. The summed E-state index contributed by atoms with van der Waals surface area (Å²) in [5, 5.41) is 0.443. The van der Waals surface area contributed by atoms with Crippen LogP contribution in [0.4, 0.5) is 0 Å². The first-order valence-electron chi connectivity index (χ1n) is 10.2. The van der Waals surface area contributed by atoms with Crippen molar-refractivity contribution in [2.75, 3.05) is 19.5 Å². The van der Waals surface area contributed by atoms with Crippen molar-refractivity contribution in [2.24, 2.45) is 0 Å². The van der Waals surface area contributed by atoms with E-state index in [0.29, 0.717) is 28.5 Å². The van der Waals surface area contributed by atoms with Crippen molar-refractivity contribution in [3.63, 3.8) is 0 Å². The molecular weight excluding hydrogens is 426 g/mol. The number of rotatable bonds is 8. The van der Waals surface area contributed by atoms with Crippen LogP contribution in [0.2, 0.25) is 0 Å². The van der Waals surface area contributed by atoms with Crippen LogP contribution in [-0.2, 0) is 16.1 Å². The Kier molecular flexibility index (Phi) is 6.61. The third-order valence-electron chi connectivity index (χ3n) is 4.98. The van der Waals surface area contributed by atoms with Crippen LogP contribution in [0.1, 0.15) is 12.5 Å². The number of fused-ring (bicyclic) bond motifs is 1. The van der Waals surface area contributed by atoms with E-state index >= 15 is 0 Å². The molecule has 32 heavy (non-hydrogen) atoms. The predicted molar refractivity (Wildman–Crippen MR) is 125 cm³/mol. The van der Waals surface area contributed by atoms with E-state index in [1.165, 1.54) is 11.8 Å². The molecule has 0 aliphatic rings. The third-order valence-corrected chi connectivity index (χ3v) is 5.93. The molecule has 0 unspecified atom stereocenters. The molecule has 2 aromatic heterocycles. The lowest BCUT2D eigenvalue weighted by Crippen LogP contribution is -2.24. The van der Waals surface area contributed by atoms with Gasteiger partial charge in [-0.2, -0.15) is 0 Å². The minimum absolute atomic E-state index is 0.0583. The first kappa shape index (κ1) is 21.7. The van der Waals surface area contributed by atoms with E-state index in [9.17, 15) is 9.59 Å². The molecule has 0 spiro atoms. The molecule has 4 aromatic rings. The highest BCUT2D eigenvalue weighted by Gasteiger charge is 2.19. The molecule has 0 aliphatic carbocycles. The van der Waals surface area contributed by atoms with Gasteiger partial charge in [-0.3, -0.25) is 14.2 Å². The number of nitrogens with zero attached hydrogens (tertiary/aromatic N) is 2. The number of methoxy groups -OCH3 is 1. The minimum Gasteiger partial charge on any atom is -0.496 e. The van der Waals surface area contributed by atoms with Gasteiger partial charge in [0.15, 0.2) is 5.16 Å². The molecule has 0 saturated heterocycles. The fraction of sp³-hybridized carbons (Fsp3) is 0.208. The molecule has 4 rings (SSSR count). The van der Waals surface area contributed by atoms with Crippen LogP contribution in [-0.4, -0.2) is 40.0 Å². The van der Waals surface area contributed by atoms with Crippen LogP contribution in [0.5, 0.6) is 5.75 Å². The molecule has 7 nitrogen and oxygen atoms in total. The van der Waals surface area contributed by atoms with Crippen molar-refractivity contribution in [3.05, 3.63) is 76.7 Å². The molecule has 0 aliphatic heterocycles. The molecule has 0 amide bonds. The van der Waals surface area contributed by atoms with Gasteiger partial charge in [-0.1, -0.05) is 60.3 Å². The normalized spacial score (nSPS) is 10.9. The lowest BCUT2D eigenvalue weighted by atomic mass is 10.1. The summed E-state index contributed by atoms with van der Waals surface area (Å²) >= 11 is 1.19. The Labute approximate surface area is 189 Å². The number of esters is 1. The van der Waals surface area contributed by atoms with Gasteiger partial charge in [0.25, 0.3) is 5.56 Å². The number of ether oxygens (including phenoxy) is 2. The molecule has 1 N–H and O–H groups in total. The zero-order valence-corrected chi connectivity index (χ0v) is 18.6. The second-order valence-electron chi connectivity index (χ2n) is 6.98. The van der Waals surface area contributed by atoms with Crippen LogP contribution in [0.3, 0.4) is 0 Å². The SMILES string of the molecule is CCOC(=O)CSc1nc2c(-c3ccccc3)c[nH]c2c(=O)n1Cc1ccccc1OC. The van der Waals surface area contributed by atoms with Gasteiger partial charge >= 0.3 is 5.97 Å². The molecule has 0 bridgehead atoms. The Balaban J connectivity index is 1.83. The number of carbonyl (C=O) groups excluding carboxylic acids is 1. The number of aromatic amines is 1. The molecule has 2 aromatic carbocycles. The standard InChI is InChI=1S/C24H23N3O4S/c1-3-31-20(28)15-32-24-26-21-18(16-9-5-4-6-10-16)13-25-22(21)23(29)27(24)14-17-11-7-8-12-19(17)30-2/h4-13,25H,3,14-15H2,1-2H3.